The highest BCUT2D eigenvalue weighted by molar-refractivity contribution is 5.88. The van der Waals surface area contributed by atoms with E-state index in [1.807, 2.05) is 0 Å². The summed E-state index contributed by atoms with van der Waals surface area (Å²) < 4.78 is 0. The summed E-state index contributed by atoms with van der Waals surface area (Å²) in [6.45, 7) is 0.745. The van der Waals surface area contributed by atoms with Crippen LogP contribution in [0.15, 0.2) is 0 Å². The zero-order valence-electron chi connectivity index (χ0n) is 6.27. The lowest BCUT2D eigenvalue weighted by Gasteiger charge is -2.15. The third-order valence-electron chi connectivity index (χ3n) is 1.31. The lowest BCUT2D eigenvalue weighted by Crippen LogP contribution is -2.45. The number of nitrogens with two attached hydrogens (primary N) is 1. The Morgan fingerprint density at radius 2 is 2.00 bits per heavy atom. The van der Waals surface area contributed by atoms with Gasteiger partial charge in [0.25, 0.3) is 0 Å². The molecule has 5 heteroatoms. The number of Topliss-reactive ketones (excluding diaryl/α,β-unsaturated/α-hetero) is 1. The molecule has 0 aromatic rings. The Kier molecular flexibility index (Phi) is 4.20. The maximum Gasteiger partial charge on any atom is 0.182 e. The SMILES string of the molecule is CC(O)C(O)C(=O)C(N)CO. The molecule has 5 N–H and O–H groups in total. The predicted octanol–water partition coefficient (Wildman–Crippen LogP) is -2.38. The van der Waals surface area contributed by atoms with Crippen LogP contribution >= 0.6 is 0 Å². The van der Waals surface area contributed by atoms with Crippen molar-refractivity contribution in [2.24, 2.45) is 5.73 Å². The number of carbonyl (C=O) groups is 1. The Labute approximate surface area is 64.4 Å². The van der Waals surface area contributed by atoms with E-state index in [2.05, 4.69) is 0 Å². The van der Waals surface area contributed by atoms with Gasteiger partial charge < -0.3 is 21.1 Å². The standard InChI is InChI=1S/C6H13NO4/c1-3(9)5(10)6(11)4(7)2-8/h3-5,8-10H,2,7H2,1H3. The summed E-state index contributed by atoms with van der Waals surface area (Å²) in [5, 5.41) is 26.0. The van der Waals surface area contributed by atoms with Gasteiger partial charge in [0, 0.05) is 0 Å². The second kappa shape index (κ2) is 4.40. The first kappa shape index (κ1) is 10.5. The number of carbonyl (C=O) groups excluding carboxylic acids is 1. The van der Waals surface area contributed by atoms with Gasteiger partial charge in [0.1, 0.15) is 6.10 Å². The van der Waals surface area contributed by atoms with Gasteiger partial charge in [-0.15, -0.1) is 0 Å². The van der Waals surface area contributed by atoms with Crippen LogP contribution in [0.25, 0.3) is 0 Å². The van der Waals surface area contributed by atoms with Gasteiger partial charge in [-0.3, -0.25) is 4.79 Å². The molecule has 0 saturated heterocycles. The molecule has 0 radical (unpaired) electrons. The largest absolute Gasteiger partial charge is 0.394 e. The van der Waals surface area contributed by atoms with Crippen LogP contribution in [0.5, 0.6) is 0 Å². The summed E-state index contributed by atoms with van der Waals surface area (Å²) in [7, 11) is 0. The molecule has 11 heavy (non-hydrogen) atoms. The number of aliphatic hydroxyl groups excluding tert-OH is 3. The van der Waals surface area contributed by atoms with Crippen molar-refractivity contribution in [3.05, 3.63) is 0 Å². The molecule has 0 spiro atoms. The fourth-order valence-electron chi connectivity index (χ4n) is 0.547. The van der Waals surface area contributed by atoms with E-state index in [-0.39, 0.29) is 0 Å². The molecule has 0 fully saturated rings. The lowest BCUT2D eigenvalue weighted by molar-refractivity contribution is -0.134. The highest BCUT2D eigenvalue weighted by Gasteiger charge is 2.25. The van der Waals surface area contributed by atoms with Crippen LogP contribution < -0.4 is 5.73 Å². The summed E-state index contributed by atoms with van der Waals surface area (Å²) in [6, 6.07) is -1.11. The fraction of sp³-hybridized carbons (Fsp3) is 0.833. The average Bonchev–Trinajstić information content (AvgIpc) is 2.00. The maximum atomic E-state index is 10.8. The van der Waals surface area contributed by atoms with Gasteiger partial charge >= 0.3 is 0 Å². The van der Waals surface area contributed by atoms with Gasteiger partial charge in [0.05, 0.1) is 18.8 Å². The first-order valence-electron chi connectivity index (χ1n) is 3.27. The van der Waals surface area contributed by atoms with Gasteiger partial charge in [-0.1, -0.05) is 0 Å². The van der Waals surface area contributed by atoms with E-state index in [1.165, 1.54) is 6.92 Å². The molecule has 5 nitrogen and oxygen atoms in total. The first-order valence-corrected chi connectivity index (χ1v) is 3.27. The van der Waals surface area contributed by atoms with E-state index in [0.717, 1.165) is 0 Å². The minimum Gasteiger partial charge on any atom is -0.394 e. The maximum absolute atomic E-state index is 10.8. The molecule has 0 saturated carbocycles. The van der Waals surface area contributed by atoms with Crippen molar-refractivity contribution in [1.82, 2.24) is 0 Å². The van der Waals surface area contributed by atoms with E-state index >= 15 is 0 Å². The van der Waals surface area contributed by atoms with Gasteiger partial charge in [-0.05, 0) is 6.92 Å². The van der Waals surface area contributed by atoms with Crippen LogP contribution in [0.1, 0.15) is 6.92 Å². The molecule has 0 bridgehead atoms. The third kappa shape index (κ3) is 2.94. The van der Waals surface area contributed by atoms with Crippen molar-refractivity contribution in [1.29, 1.82) is 0 Å². The molecule has 0 aliphatic rings. The Balaban J connectivity index is 4.02. The second-order valence-corrected chi connectivity index (χ2v) is 2.38. The number of rotatable bonds is 4. The molecule has 3 atom stereocenters. The smallest absolute Gasteiger partial charge is 0.182 e. The van der Waals surface area contributed by atoms with Crippen LogP contribution in [0, 0.1) is 0 Å². The van der Waals surface area contributed by atoms with Crippen molar-refractivity contribution in [2.45, 2.75) is 25.2 Å². The van der Waals surface area contributed by atoms with Crippen LogP contribution in [0.3, 0.4) is 0 Å². The molecule has 0 aromatic heterocycles. The predicted molar refractivity (Wildman–Crippen MR) is 37.8 cm³/mol. The summed E-state index contributed by atoms with van der Waals surface area (Å²) in [4.78, 5) is 10.8. The average molecular weight is 163 g/mol. The van der Waals surface area contributed by atoms with E-state index in [4.69, 9.17) is 21.1 Å². The summed E-state index contributed by atoms with van der Waals surface area (Å²) >= 11 is 0. The van der Waals surface area contributed by atoms with Crippen LogP contribution in [-0.2, 0) is 4.79 Å². The summed E-state index contributed by atoms with van der Waals surface area (Å²) in [5.41, 5.74) is 5.08. The van der Waals surface area contributed by atoms with Gasteiger partial charge in [0.15, 0.2) is 5.78 Å². The third-order valence-corrected chi connectivity index (χ3v) is 1.31. The highest BCUT2D eigenvalue weighted by atomic mass is 16.3. The molecule has 0 amide bonds. The number of hydrogen-bond donors (Lipinski definition) is 4. The van der Waals surface area contributed by atoms with Crippen molar-refractivity contribution in [2.75, 3.05) is 6.61 Å². The molecular formula is C6H13NO4. The van der Waals surface area contributed by atoms with Gasteiger partial charge in [0.2, 0.25) is 0 Å². The van der Waals surface area contributed by atoms with Gasteiger partial charge in [-0.25, -0.2) is 0 Å². The van der Waals surface area contributed by atoms with E-state index < -0.39 is 30.6 Å². The second-order valence-electron chi connectivity index (χ2n) is 2.38. The van der Waals surface area contributed by atoms with Crippen molar-refractivity contribution >= 4 is 5.78 Å². The Hall–Kier alpha value is -0.490. The normalized spacial score (nSPS) is 19.0. The number of aliphatic hydroxyl groups is 3. The highest BCUT2D eigenvalue weighted by Crippen LogP contribution is 1.96. The minimum absolute atomic E-state index is 0.525. The van der Waals surface area contributed by atoms with Crippen LogP contribution in [-0.4, -0.2) is 46.0 Å². The number of ketones is 1. The zero-order chi connectivity index (χ0) is 9.02. The fourth-order valence-corrected chi connectivity index (χ4v) is 0.547. The summed E-state index contributed by atoms with van der Waals surface area (Å²) in [5.74, 6) is -0.748. The Morgan fingerprint density at radius 1 is 1.55 bits per heavy atom. The van der Waals surface area contributed by atoms with E-state index in [1.54, 1.807) is 0 Å². The molecule has 66 valence electrons. The monoisotopic (exact) mass is 163 g/mol. The van der Waals surface area contributed by atoms with Crippen molar-refractivity contribution < 1.29 is 20.1 Å². The Morgan fingerprint density at radius 3 is 2.27 bits per heavy atom. The molecular weight excluding hydrogens is 150 g/mol. The Bertz CT molecular complexity index is 137. The van der Waals surface area contributed by atoms with E-state index in [0.29, 0.717) is 0 Å². The topological polar surface area (TPSA) is 104 Å². The molecule has 0 rings (SSSR count). The first-order chi connectivity index (χ1) is 5.00. The molecule has 0 aliphatic carbocycles. The molecule has 0 heterocycles. The van der Waals surface area contributed by atoms with Crippen molar-refractivity contribution in [3.8, 4) is 0 Å². The molecule has 0 aliphatic heterocycles. The zero-order valence-corrected chi connectivity index (χ0v) is 6.27. The quantitative estimate of drug-likeness (QED) is 0.370. The molecule has 0 aromatic carbocycles. The van der Waals surface area contributed by atoms with Crippen LogP contribution in [0.4, 0.5) is 0 Å². The van der Waals surface area contributed by atoms with Gasteiger partial charge in [-0.2, -0.15) is 0 Å². The van der Waals surface area contributed by atoms with Crippen molar-refractivity contribution in [3.63, 3.8) is 0 Å². The van der Waals surface area contributed by atoms with Crippen LogP contribution in [0.2, 0.25) is 0 Å². The molecule has 3 unspecified atom stereocenters. The lowest BCUT2D eigenvalue weighted by atomic mass is 10.1. The van der Waals surface area contributed by atoms with E-state index in [9.17, 15) is 4.79 Å². The summed E-state index contributed by atoms with van der Waals surface area (Å²) in [6.07, 6.45) is -2.66. The minimum atomic E-state index is -1.50. The number of hydrogen-bond acceptors (Lipinski definition) is 5.